The maximum absolute atomic E-state index is 5.67. The average Bonchev–Trinajstić information content (AvgIpc) is 2.83. The second-order valence-electron chi connectivity index (χ2n) is 5.72. The van der Waals surface area contributed by atoms with E-state index in [0.29, 0.717) is 6.54 Å². The quantitative estimate of drug-likeness (QED) is 0.899. The van der Waals surface area contributed by atoms with E-state index in [1.165, 1.54) is 24.1 Å². The largest absolute Gasteiger partial charge is 0.370 e. The standard InChI is InChI=1S/C15H22N4/c1-11-3-5-18(6-4-11)14-7-12(2)15-17-13(8-16)9-19(15)10-14/h7,9-11H,3-6,8,16H2,1-2H3. The van der Waals surface area contributed by atoms with E-state index >= 15 is 0 Å². The Balaban J connectivity index is 1.96. The number of anilines is 1. The molecule has 2 aromatic rings. The van der Waals surface area contributed by atoms with Gasteiger partial charge >= 0.3 is 0 Å². The van der Waals surface area contributed by atoms with Crippen LogP contribution in [-0.4, -0.2) is 22.5 Å². The lowest BCUT2D eigenvalue weighted by Crippen LogP contribution is -2.32. The molecule has 102 valence electrons. The van der Waals surface area contributed by atoms with E-state index in [2.05, 4.69) is 40.4 Å². The number of hydrogen-bond acceptors (Lipinski definition) is 3. The molecular formula is C15H22N4. The minimum Gasteiger partial charge on any atom is -0.370 e. The Morgan fingerprint density at radius 2 is 2.05 bits per heavy atom. The van der Waals surface area contributed by atoms with Crippen LogP contribution in [0.15, 0.2) is 18.5 Å². The van der Waals surface area contributed by atoms with Gasteiger partial charge in [-0.2, -0.15) is 0 Å². The van der Waals surface area contributed by atoms with Crippen LogP contribution in [0.5, 0.6) is 0 Å². The second kappa shape index (κ2) is 4.85. The van der Waals surface area contributed by atoms with Crippen LogP contribution in [0.2, 0.25) is 0 Å². The van der Waals surface area contributed by atoms with Crippen molar-refractivity contribution in [2.75, 3.05) is 18.0 Å². The molecule has 2 aromatic heterocycles. The molecule has 0 atom stereocenters. The summed E-state index contributed by atoms with van der Waals surface area (Å²) in [7, 11) is 0. The van der Waals surface area contributed by atoms with Crippen molar-refractivity contribution < 1.29 is 0 Å². The van der Waals surface area contributed by atoms with Gasteiger partial charge in [0.1, 0.15) is 5.65 Å². The van der Waals surface area contributed by atoms with E-state index in [0.717, 1.165) is 30.3 Å². The van der Waals surface area contributed by atoms with Gasteiger partial charge in [0.25, 0.3) is 0 Å². The lowest BCUT2D eigenvalue weighted by Gasteiger charge is -2.32. The number of nitrogens with zero attached hydrogens (tertiary/aromatic N) is 3. The van der Waals surface area contributed by atoms with Gasteiger partial charge in [0, 0.05) is 32.0 Å². The Bertz CT molecular complexity index is 579. The van der Waals surface area contributed by atoms with E-state index in [-0.39, 0.29) is 0 Å². The predicted octanol–water partition coefficient (Wildman–Crippen LogP) is 2.34. The molecule has 0 aromatic carbocycles. The number of imidazole rings is 1. The zero-order valence-electron chi connectivity index (χ0n) is 11.8. The summed E-state index contributed by atoms with van der Waals surface area (Å²) < 4.78 is 2.12. The third kappa shape index (κ3) is 2.32. The first-order chi connectivity index (χ1) is 9.17. The molecule has 0 aliphatic carbocycles. The zero-order chi connectivity index (χ0) is 13.4. The van der Waals surface area contributed by atoms with Crippen LogP contribution in [0.3, 0.4) is 0 Å². The summed E-state index contributed by atoms with van der Waals surface area (Å²) in [6.45, 7) is 7.28. The fourth-order valence-electron chi connectivity index (χ4n) is 2.84. The smallest absolute Gasteiger partial charge is 0.140 e. The van der Waals surface area contributed by atoms with Crippen LogP contribution >= 0.6 is 0 Å². The van der Waals surface area contributed by atoms with Crippen molar-refractivity contribution >= 4 is 11.3 Å². The second-order valence-corrected chi connectivity index (χ2v) is 5.72. The van der Waals surface area contributed by atoms with Gasteiger partial charge < -0.3 is 15.0 Å². The third-order valence-electron chi connectivity index (χ3n) is 4.13. The van der Waals surface area contributed by atoms with Crippen molar-refractivity contribution in [2.45, 2.75) is 33.2 Å². The molecule has 0 bridgehead atoms. The van der Waals surface area contributed by atoms with Crippen molar-refractivity contribution in [3.8, 4) is 0 Å². The van der Waals surface area contributed by atoms with Crippen molar-refractivity contribution in [1.82, 2.24) is 9.38 Å². The fourth-order valence-corrected chi connectivity index (χ4v) is 2.84. The summed E-state index contributed by atoms with van der Waals surface area (Å²) in [6, 6.07) is 2.25. The summed E-state index contributed by atoms with van der Waals surface area (Å²) in [4.78, 5) is 7.03. The molecular weight excluding hydrogens is 236 g/mol. The minimum absolute atomic E-state index is 0.498. The first-order valence-electron chi connectivity index (χ1n) is 7.10. The maximum Gasteiger partial charge on any atom is 0.140 e. The molecule has 1 aliphatic rings. The highest BCUT2D eigenvalue weighted by molar-refractivity contribution is 5.58. The highest BCUT2D eigenvalue weighted by Gasteiger charge is 2.17. The first kappa shape index (κ1) is 12.5. The van der Waals surface area contributed by atoms with Crippen molar-refractivity contribution in [3.05, 3.63) is 29.7 Å². The number of aryl methyl sites for hydroxylation is 1. The molecule has 4 heteroatoms. The number of rotatable bonds is 2. The summed E-state index contributed by atoms with van der Waals surface area (Å²) >= 11 is 0. The predicted molar refractivity (Wildman–Crippen MR) is 78.4 cm³/mol. The maximum atomic E-state index is 5.67. The Kier molecular flexibility index (Phi) is 3.19. The highest BCUT2D eigenvalue weighted by atomic mass is 15.1. The number of nitrogens with two attached hydrogens (primary N) is 1. The molecule has 1 fully saturated rings. The average molecular weight is 258 g/mol. The lowest BCUT2D eigenvalue weighted by molar-refractivity contribution is 0.438. The molecule has 19 heavy (non-hydrogen) atoms. The monoisotopic (exact) mass is 258 g/mol. The lowest BCUT2D eigenvalue weighted by atomic mass is 9.99. The molecule has 1 aliphatic heterocycles. The summed E-state index contributed by atoms with van der Waals surface area (Å²) in [5, 5.41) is 0. The molecule has 1 saturated heterocycles. The molecule has 0 saturated carbocycles. The summed E-state index contributed by atoms with van der Waals surface area (Å²) in [5.41, 5.74) is 10.2. The van der Waals surface area contributed by atoms with Crippen LogP contribution < -0.4 is 10.6 Å². The fraction of sp³-hybridized carbons (Fsp3) is 0.533. The van der Waals surface area contributed by atoms with E-state index in [1.807, 2.05) is 6.20 Å². The molecule has 0 radical (unpaired) electrons. The Labute approximate surface area is 114 Å². The zero-order valence-corrected chi connectivity index (χ0v) is 11.8. The van der Waals surface area contributed by atoms with Gasteiger partial charge in [-0.3, -0.25) is 0 Å². The van der Waals surface area contributed by atoms with Gasteiger partial charge in [-0.15, -0.1) is 0 Å². The third-order valence-corrected chi connectivity index (χ3v) is 4.13. The first-order valence-corrected chi connectivity index (χ1v) is 7.10. The van der Waals surface area contributed by atoms with Crippen molar-refractivity contribution in [3.63, 3.8) is 0 Å². The van der Waals surface area contributed by atoms with Crippen LogP contribution in [0.4, 0.5) is 5.69 Å². The molecule has 4 nitrogen and oxygen atoms in total. The van der Waals surface area contributed by atoms with Crippen molar-refractivity contribution in [1.29, 1.82) is 0 Å². The molecule has 0 unspecified atom stereocenters. The van der Waals surface area contributed by atoms with Gasteiger partial charge in [-0.05, 0) is 37.3 Å². The van der Waals surface area contributed by atoms with Gasteiger partial charge in [0.15, 0.2) is 0 Å². The van der Waals surface area contributed by atoms with Crippen LogP contribution in [-0.2, 0) is 6.54 Å². The van der Waals surface area contributed by atoms with E-state index in [1.54, 1.807) is 0 Å². The molecule has 0 spiro atoms. The number of fused-ring (bicyclic) bond motifs is 1. The molecule has 2 N–H and O–H groups in total. The van der Waals surface area contributed by atoms with E-state index in [9.17, 15) is 0 Å². The van der Waals surface area contributed by atoms with E-state index in [4.69, 9.17) is 5.73 Å². The van der Waals surface area contributed by atoms with Gasteiger partial charge in [-0.25, -0.2) is 4.98 Å². The summed E-state index contributed by atoms with van der Waals surface area (Å²) in [6.07, 6.45) is 6.80. The molecule has 0 amide bonds. The minimum atomic E-state index is 0.498. The van der Waals surface area contributed by atoms with Gasteiger partial charge in [0.05, 0.1) is 11.4 Å². The number of piperidine rings is 1. The Hall–Kier alpha value is -1.55. The number of aromatic nitrogens is 2. The molecule has 3 heterocycles. The van der Waals surface area contributed by atoms with Crippen LogP contribution in [0, 0.1) is 12.8 Å². The molecule has 3 rings (SSSR count). The summed E-state index contributed by atoms with van der Waals surface area (Å²) in [5.74, 6) is 0.859. The van der Waals surface area contributed by atoms with Crippen molar-refractivity contribution in [2.24, 2.45) is 11.7 Å². The Morgan fingerprint density at radius 1 is 1.32 bits per heavy atom. The van der Waals surface area contributed by atoms with Crippen LogP contribution in [0.25, 0.3) is 5.65 Å². The Morgan fingerprint density at radius 3 is 2.74 bits per heavy atom. The normalized spacial score (nSPS) is 17.3. The van der Waals surface area contributed by atoms with Gasteiger partial charge in [-0.1, -0.05) is 6.92 Å². The number of hydrogen-bond donors (Lipinski definition) is 1. The van der Waals surface area contributed by atoms with Crippen LogP contribution in [0.1, 0.15) is 31.0 Å². The number of pyridine rings is 1. The van der Waals surface area contributed by atoms with E-state index < -0.39 is 0 Å². The SMILES string of the molecule is Cc1cc(N2CCC(C)CC2)cn2cc(CN)nc12. The topological polar surface area (TPSA) is 46.6 Å². The highest BCUT2D eigenvalue weighted by Crippen LogP contribution is 2.25. The van der Waals surface area contributed by atoms with Gasteiger partial charge in [0.2, 0.25) is 0 Å².